The molecule has 0 fully saturated rings. The highest BCUT2D eigenvalue weighted by atomic mass is 35.5. The summed E-state index contributed by atoms with van der Waals surface area (Å²) in [5.74, 6) is 0. The highest BCUT2D eigenvalue weighted by Gasteiger charge is 2.25. The lowest BCUT2D eigenvalue weighted by atomic mass is 9.98. The number of aryl methyl sites for hydroxylation is 1. The number of benzene rings is 1. The molecule has 4 aromatic rings. The van der Waals surface area contributed by atoms with Gasteiger partial charge in [-0.3, -0.25) is 0 Å². The van der Waals surface area contributed by atoms with Crippen LogP contribution in [0.4, 0.5) is 0 Å². The van der Waals surface area contributed by atoms with Crippen molar-refractivity contribution in [2.24, 2.45) is 0 Å². The Bertz CT molecular complexity index is 888. The van der Waals surface area contributed by atoms with Crippen LogP contribution in [0.5, 0.6) is 0 Å². The minimum Gasteiger partial charge on any atom is -1.00 e. The molecule has 0 unspecified atom stereocenters. The van der Waals surface area contributed by atoms with Crippen LogP contribution in [-0.4, -0.2) is 0 Å². The summed E-state index contributed by atoms with van der Waals surface area (Å²) in [6.07, 6.45) is 6.99. The van der Waals surface area contributed by atoms with E-state index in [0.717, 1.165) is 27.9 Å². The van der Waals surface area contributed by atoms with Gasteiger partial charge < -0.3 is 21.2 Å². The van der Waals surface area contributed by atoms with Crippen molar-refractivity contribution in [1.29, 1.82) is 0 Å². The van der Waals surface area contributed by atoms with Gasteiger partial charge in [0, 0.05) is 18.1 Å². The van der Waals surface area contributed by atoms with Crippen molar-refractivity contribution in [3.8, 4) is 27.9 Å². The second-order valence-electron chi connectivity index (χ2n) is 5.46. The van der Waals surface area contributed by atoms with E-state index in [1.165, 1.54) is 10.6 Å². The first kappa shape index (κ1) is 16.6. The van der Waals surface area contributed by atoms with Gasteiger partial charge in [0.1, 0.15) is 0 Å². The average molecular weight is 358 g/mol. The van der Waals surface area contributed by atoms with E-state index in [-0.39, 0.29) is 12.4 Å². The first-order valence-corrected chi connectivity index (χ1v) is 8.28. The summed E-state index contributed by atoms with van der Waals surface area (Å²) in [7, 11) is 0. The fourth-order valence-corrected chi connectivity index (χ4v) is 3.59. The summed E-state index contributed by atoms with van der Waals surface area (Å²) in [5, 5.41) is 0. The van der Waals surface area contributed by atoms with Crippen molar-refractivity contribution in [2.45, 2.75) is 13.8 Å². The van der Waals surface area contributed by atoms with Crippen LogP contribution in [0.3, 0.4) is 0 Å². The van der Waals surface area contributed by atoms with Crippen molar-refractivity contribution in [1.82, 2.24) is 0 Å². The molecule has 0 saturated heterocycles. The number of para-hydroxylation sites is 1. The molecule has 0 amide bonds. The van der Waals surface area contributed by atoms with E-state index in [9.17, 15) is 0 Å². The van der Waals surface area contributed by atoms with Crippen molar-refractivity contribution < 1.29 is 25.8 Å². The zero-order valence-corrected chi connectivity index (χ0v) is 14.9. The molecule has 0 bridgehead atoms. The number of furan rings is 2. The van der Waals surface area contributed by atoms with Crippen molar-refractivity contribution in [3.05, 3.63) is 71.5 Å². The van der Waals surface area contributed by atoms with Crippen LogP contribution >= 0.6 is 11.3 Å². The van der Waals surface area contributed by atoms with E-state index >= 15 is 0 Å². The quantitative estimate of drug-likeness (QED) is 0.526. The minimum atomic E-state index is 0. The molecule has 0 aliphatic carbocycles. The topological polar surface area (TPSA) is 30.2 Å². The molecule has 0 spiro atoms. The maximum atomic E-state index is 5.30. The Balaban J connectivity index is 0.00000169. The molecule has 0 aliphatic rings. The van der Waals surface area contributed by atoms with E-state index in [4.69, 9.17) is 8.83 Å². The van der Waals surface area contributed by atoms with Crippen molar-refractivity contribution >= 4 is 11.3 Å². The lowest BCUT2D eigenvalue weighted by molar-refractivity contribution is -0.596. The van der Waals surface area contributed by atoms with Crippen LogP contribution in [0.25, 0.3) is 27.9 Å². The molecule has 122 valence electrons. The van der Waals surface area contributed by atoms with Crippen LogP contribution in [0.1, 0.15) is 10.6 Å². The van der Waals surface area contributed by atoms with Gasteiger partial charge in [-0.05, 0) is 31.2 Å². The maximum absolute atomic E-state index is 5.30. The van der Waals surface area contributed by atoms with E-state index < -0.39 is 0 Å². The van der Waals surface area contributed by atoms with E-state index in [2.05, 4.69) is 42.1 Å². The van der Waals surface area contributed by atoms with Crippen LogP contribution in [0.15, 0.2) is 69.7 Å². The number of halogens is 1. The number of aromatic nitrogens is 1. The molecule has 24 heavy (non-hydrogen) atoms. The summed E-state index contributed by atoms with van der Waals surface area (Å²) < 4.78 is 12.9. The van der Waals surface area contributed by atoms with Crippen LogP contribution in [-0.2, 0) is 0 Å². The molecule has 3 heterocycles. The molecule has 0 saturated carbocycles. The number of rotatable bonds is 3. The fraction of sp³-hybridized carbons (Fsp3) is 0.105. The summed E-state index contributed by atoms with van der Waals surface area (Å²) in [6.45, 7) is 4.30. The van der Waals surface area contributed by atoms with Gasteiger partial charge in [-0.2, -0.15) is 4.57 Å². The van der Waals surface area contributed by atoms with Crippen LogP contribution < -0.4 is 17.0 Å². The monoisotopic (exact) mass is 357 g/mol. The van der Waals surface area contributed by atoms with Gasteiger partial charge in [0.15, 0.2) is 5.69 Å². The van der Waals surface area contributed by atoms with Gasteiger partial charge in [0.2, 0.25) is 11.2 Å². The van der Waals surface area contributed by atoms with Gasteiger partial charge >= 0.3 is 0 Å². The first-order valence-electron chi connectivity index (χ1n) is 7.40. The summed E-state index contributed by atoms with van der Waals surface area (Å²) in [5.41, 5.74) is 8.98. The molecule has 3 aromatic heterocycles. The van der Waals surface area contributed by atoms with Gasteiger partial charge in [-0.15, -0.1) is 0 Å². The number of hydrogen-bond acceptors (Lipinski definition) is 3. The summed E-state index contributed by atoms with van der Waals surface area (Å²) >= 11 is 1.75. The Morgan fingerprint density at radius 2 is 1.46 bits per heavy atom. The Labute approximate surface area is 150 Å². The Kier molecular flexibility index (Phi) is 4.60. The molecule has 3 nitrogen and oxygen atoms in total. The van der Waals surface area contributed by atoms with Gasteiger partial charge in [-0.1, -0.05) is 17.4 Å². The molecule has 4 rings (SSSR count). The summed E-state index contributed by atoms with van der Waals surface area (Å²) in [6, 6.07) is 10.3. The average Bonchev–Trinajstić information content (AvgIpc) is 3.31. The van der Waals surface area contributed by atoms with Gasteiger partial charge in [0.05, 0.1) is 41.1 Å². The minimum absolute atomic E-state index is 0. The molecule has 0 radical (unpaired) electrons. The normalized spacial score (nSPS) is 10.6. The highest BCUT2D eigenvalue weighted by molar-refractivity contribution is 7.09. The molecule has 5 heteroatoms. The number of hydrogen-bond donors (Lipinski definition) is 0. The molecular formula is C19H16ClNO2S. The predicted molar refractivity (Wildman–Crippen MR) is 90.7 cm³/mol. The zero-order valence-electron chi connectivity index (χ0n) is 13.3. The Morgan fingerprint density at radius 1 is 0.875 bits per heavy atom. The Morgan fingerprint density at radius 3 is 1.88 bits per heavy atom. The van der Waals surface area contributed by atoms with E-state index in [1.54, 1.807) is 36.4 Å². The smallest absolute Gasteiger partial charge is 0.231 e. The standard InChI is InChI=1S/C19H16NO2S.ClH/c1-13-14(2)23-12-20(13)19-17(15-6-8-21-10-15)4-3-5-18(19)16-7-9-22-11-16;/h3-12H,1-2H3;1H/q+1;/p-1. The first-order chi connectivity index (χ1) is 11.3. The third kappa shape index (κ3) is 2.68. The maximum Gasteiger partial charge on any atom is 0.231 e. The van der Waals surface area contributed by atoms with Crippen LogP contribution in [0.2, 0.25) is 0 Å². The van der Waals surface area contributed by atoms with E-state index in [1.807, 2.05) is 12.1 Å². The highest BCUT2D eigenvalue weighted by Crippen LogP contribution is 2.34. The molecule has 1 aromatic carbocycles. The Hall–Kier alpha value is -2.30. The lowest BCUT2D eigenvalue weighted by Crippen LogP contribution is -3.00. The molecule has 0 N–H and O–H groups in total. The van der Waals surface area contributed by atoms with Crippen LogP contribution in [0, 0.1) is 13.8 Å². The predicted octanol–water partition coefficient (Wildman–Crippen LogP) is 2.17. The largest absolute Gasteiger partial charge is 1.00 e. The molecule has 0 aliphatic heterocycles. The third-order valence-electron chi connectivity index (χ3n) is 4.15. The van der Waals surface area contributed by atoms with Crippen molar-refractivity contribution in [3.63, 3.8) is 0 Å². The SMILES string of the molecule is Cc1sc[n+](-c2c(-c3ccoc3)cccc2-c2ccoc2)c1C.[Cl-]. The second-order valence-corrected chi connectivity index (χ2v) is 6.52. The third-order valence-corrected chi connectivity index (χ3v) is 5.11. The number of thiazole rings is 1. The second kappa shape index (κ2) is 6.67. The zero-order chi connectivity index (χ0) is 15.8. The fourth-order valence-electron chi connectivity index (χ4n) is 2.79. The summed E-state index contributed by atoms with van der Waals surface area (Å²) in [4.78, 5) is 1.31. The molecular weight excluding hydrogens is 342 g/mol. The lowest BCUT2D eigenvalue weighted by Gasteiger charge is -2.08. The van der Waals surface area contributed by atoms with E-state index in [0.29, 0.717) is 0 Å². The van der Waals surface area contributed by atoms with Crippen molar-refractivity contribution in [2.75, 3.05) is 0 Å². The van der Waals surface area contributed by atoms with Gasteiger partial charge in [-0.25, -0.2) is 0 Å². The number of nitrogens with zero attached hydrogens (tertiary/aromatic N) is 1. The molecule has 0 atom stereocenters. The van der Waals surface area contributed by atoms with Gasteiger partial charge in [0.25, 0.3) is 0 Å².